The van der Waals surface area contributed by atoms with Crippen molar-refractivity contribution in [1.82, 2.24) is 19.7 Å². The van der Waals surface area contributed by atoms with Gasteiger partial charge in [-0.15, -0.1) is 0 Å². The maximum Gasteiger partial charge on any atom is 0.224 e. The number of aliphatic hydroxyl groups excluding tert-OH is 1. The second-order valence-corrected chi connectivity index (χ2v) is 4.83. The first-order valence-electron chi connectivity index (χ1n) is 6.44. The third kappa shape index (κ3) is 3.07. The van der Waals surface area contributed by atoms with Gasteiger partial charge in [0.15, 0.2) is 0 Å². The van der Waals surface area contributed by atoms with Gasteiger partial charge in [-0.3, -0.25) is 9.48 Å². The Morgan fingerprint density at radius 3 is 2.94 bits per heavy atom. The number of hydrogen-bond donors (Lipinski definition) is 1. The molecule has 18 heavy (non-hydrogen) atoms. The van der Waals surface area contributed by atoms with Crippen molar-refractivity contribution in [3.8, 4) is 0 Å². The van der Waals surface area contributed by atoms with E-state index < -0.39 is 0 Å². The van der Waals surface area contributed by atoms with E-state index in [4.69, 9.17) is 0 Å². The molecule has 1 amide bonds. The van der Waals surface area contributed by atoms with E-state index in [0.29, 0.717) is 13.0 Å². The van der Waals surface area contributed by atoms with Gasteiger partial charge in [0, 0.05) is 13.5 Å². The molecule has 6 nitrogen and oxygen atoms in total. The van der Waals surface area contributed by atoms with E-state index in [-0.39, 0.29) is 18.1 Å². The van der Waals surface area contributed by atoms with Gasteiger partial charge in [-0.25, -0.2) is 4.98 Å². The minimum Gasteiger partial charge on any atom is -0.391 e. The summed E-state index contributed by atoms with van der Waals surface area (Å²) in [6.45, 7) is 0.534. The number of amides is 1. The van der Waals surface area contributed by atoms with Crippen molar-refractivity contribution in [2.75, 3.05) is 7.05 Å². The molecule has 6 heteroatoms. The van der Waals surface area contributed by atoms with Crippen LogP contribution in [0.2, 0.25) is 0 Å². The van der Waals surface area contributed by atoms with Crippen molar-refractivity contribution in [3.05, 3.63) is 12.7 Å². The maximum atomic E-state index is 12.0. The third-order valence-electron chi connectivity index (χ3n) is 3.61. The van der Waals surface area contributed by atoms with Gasteiger partial charge in [0.25, 0.3) is 0 Å². The van der Waals surface area contributed by atoms with Crippen LogP contribution < -0.4 is 0 Å². The number of carbonyl (C=O) groups excluding carboxylic acids is 1. The quantitative estimate of drug-likeness (QED) is 0.843. The van der Waals surface area contributed by atoms with E-state index in [0.717, 1.165) is 25.7 Å². The molecule has 100 valence electrons. The molecule has 0 aliphatic heterocycles. The van der Waals surface area contributed by atoms with Crippen LogP contribution in [0.1, 0.15) is 32.1 Å². The summed E-state index contributed by atoms with van der Waals surface area (Å²) in [4.78, 5) is 17.6. The molecule has 2 unspecified atom stereocenters. The smallest absolute Gasteiger partial charge is 0.224 e. The van der Waals surface area contributed by atoms with Gasteiger partial charge < -0.3 is 10.0 Å². The fourth-order valence-corrected chi connectivity index (χ4v) is 2.46. The van der Waals surface area contributed by atoms with Gasteiger partial charge >= 0.3 is 0 Å². The topological polar surface area (TPSA) is 71.2 Å². The lowest BCUT2D eigenvalue weighted by molar-refractivity contribution is -0.135. The van der Waals surface area contributed by atoms with Crippen LogP contribution in [0.25, 0.3) is 0 Å². The molecular formula is C12H20N4O2. The van der Waals surface area contributed by atoms with Gasteiger partial charge in [-0.1, -0.05) is 12.8 Å². The minimum absolute atomic E-state index is 0.0259. The zero-order valence-electron chi connectivity index (χ0n) is 10.7. The normalized spacial score (nSPS) is 23.9. The average Bonchev–Trinajstić information content (AvgIpc) is 2.89. The van der Waals surface area contributed by atoms with E-state index in [1.807, 2.05) is 0 Å². The van der Waals surface area contributed by atoms with Gasteiger partial charge in [0.05, 0.1) is 18.7 Å². The van der Waals surface area contributed by atoms with Crippen molar-refractivity contribution in [2.24, 2.45) is 0 Å². The Kier molecular flexibility index (Phi) is 4.30. The van der Waals surface area contributed by atoms with E-state index in [1.165, 1.54) is 6.33 Å². The summed E-state index contributed by atoms with van der Waals surface area (Å²) >= 11 is 0. The SMILES string of the molecule is CN(C(=O)CCn1cncn1)C1CCCCC1O. The summed E-state index contributed by atoms with van der Waals surface area (Å²) in [6.07, 6.45) is 6.91. The van der Waals surface area contributed by atoms with E-state index >= 15 is 0 Å². The average molecular weight is 252 g/mol. The molecule has 1 fully saturated rings. The molecule has 1 N–H and O–H groups in total. The Hall–Kier alpha value is -1.43. The zero-order chi connectivity index (χ0) is 13.0. The molecule has 1 aliphatic rings. The second kappa shape index (κ2) is 5.95. The van der Waals surface area contributed by atoms with Crippen LogP contribution in [-0.2, 0) is 11.3 Å². The molecule has 2 rings (SSSR count). The molecule has 0 saturated heterocycles. The van der Waals surface area contributed by atoms with Gasteiger partial charge in [-0.2, -0.15) is 5.10 Å². The zero-order valence-corrected chi connectivity index (χ0v) is 10.7. The minimum atomic E-state index is -0.376. The lowest BCUT2D eigenvalue weighted by atomic mass is 9.91. The Morgan fingerprint density at radius 2 is 2.28 bits per heavy atom. The molecule has 1 aromatic rings. The fourth-order valence-electron chi connectivity index (χ4n) is 2.46. The molecule has 0 bridgehead atoms. The highest BCUT2D eigenvalue weighted by Crippen LogP contribution is 2.22. The van der Waals surface area contributed by atoms with Crippen molar-refractivity contribution >= 4 is 5.91 Å². The predicted molar refractivity (Wildman–Crippen MR) is 65.7 cm³/mol. The summed E-state index contributed by atoms with van der Waals surface area (Å²) in [5, 5.41) is 13.9. The van der Waals surface area contributed by atoms with Crippen LogP contribution >= 0.6 is 0 Å². The number of likely N-dealkylation sites (N-methyl/N-ethyl adjacent to an activating group) is 1. The number of aliphatic hydroxyl groups is 1. The fraction of sp³-hybridized carbons (Fsp3) is 0.750. The highest BCUT2D eigenvalue weighted by Gasteiger charge is 2.28. The Balaban J connectivity index is 1.84. The van der Waals surface area contributed by atoms with E-state index in [1.54, 1.807) is 23.0 Å². The number of carbonyl (C=O) groups is 1. The summed E-state index contributed by atoms with van der Waals surface area (Å²) in [5.41, 5.74) is 0. The molecule has 1 heterocycles. The maximum absolute atomic E-state index is 12.0. The molecule has 1 saturated carbocycles. The molecule has 0 radical (unpaired) electrons. The Morgan fingerprint density at radius 1 is 1.50 bits per heavy atom. The van der Waals surface area contributed by atoms with Crippen LogP contribution in [0, 0.1) is 0 Å². The molecule has 1 aromatic heterocycles. The summed E-state index contributed by atoms with van der Waals surface area (Å²) in [7, 11) is 1.78. The third-order valence-corrected chi connectivity index (χ3v) is 3.61. The number of rotatable bonds is 4. The van der Waals surface area contributed by atoms with Gasteiger partial charge in [-0.05, 0) is 12.8 Å². The highest BCUT2D eigenvalue weighted by molar-refractivity contribution is 5.76. The largest absolute Gasteiger partial charge is 0.391 e. The molecule has 0 aromatic carbocycles. The first kappa shape index (κ1) is 13.0. The van der Waals surface area contributed by atoms with Gasteiger partial charge in [0.2, 0.25) is 5.91 Å². The predicted octanol–water partition coefficient (Wildman–Crippen LogP) is 0.430. The number of aryl methyl sites for hydroxylation is 1. The first-order chi connectivity index (χ1) is 8.68. The standard InChI is InChI=1S/C12H20N4O2/c1-15(10-4-2-3-5-11(10)17)12(18)6-7-16-9-13-8-14-16/h8-11,17H,2-7H2,1H3. The van der Waals surface area contributed by atoms with E-state index in [2.05, 4.69) is 10.1 Å². The van der Waals surface area contributed by atoms with E-state index in [9.17, 15) is 9.90 Å². The summed E-state index contributed by atoms with van der Waals surface area (Å²) in [6, 6.07) is -0.0259. The molecule has 2 atom stereocenters. The molecule has 1 aliphatic carbocycles. The van der Waals surface area contributed by atoms with Crippen molar-refractivity contribution < 1.29 is 9.90 Å². The summed E-state index contributed by atoms with van der Waals surface area (Å²) < 4.78 is 1.64. The lowest BCUT2D eigenvalue weighted by Crippen LogP contribution is -2.46. The number of nitrogens with zero attached hydrogens (tertiary/aromatic N) is 4. The second-order valence-electron chi connectivity index (χ2n) is 4.83. The molecular weight excluding hydrogens is 232 g/mol. The van der Waals surface area contributed by atoms with Crippen molar-refractivity contribution in [2.45, 2.75) is 50.8 Å². The number of hydrogen-bond acceptors (Lipinski definition) is 4. The van der Waals surface area contributed by atoms with Crippen LogP contribution in [0.5, 0.6) is 0 Å². The Labute approximate surface area is 107 Å². The lowest BCUT2D eigenvalue weighted by Gasteiger charge is -2.35. The monoisotopic (exact) mass is 252 g/mol. The van der Waals surface area contributed by atoms with Crippen molar-refractivity contribution in [3.63, 3.8) is 0 Å². The van der Waals surface area contributed by atoms with Crippen LogP contribution in [0.3, 0.4) is 0 Å². The number of aromatic nitrogens is 3. The van der Waals surface area contributed by atoms with Crippen molar-refractivity contribution in [1.29, 1.82) is 0 Å². The first-order valence-corrected chi connectivity index (χ1v) is 6.44. The van der Waals surface area contributed by atoms with Crippen LogP contribution in [-0.4, -0.2) is 49.9 Å². The highest BCUT2D eigenvalue weighted by atomic mass is 16.3. The van der Waals surface area contributed by atoms with Crippen LogP contribution in [0.4, 0.5) is 0 Å². The Bertz CT molecular complexity index is 379. The van der Waals surface area contributed by atoms with Gasteiger partial charge in [0.1, 0.15) is 12.7 Å². The molecule has 0 spiro atoms. The summed E-state index contributed by atoms with van der Waals surface area (Å²) in [5.74, 6) is 0.0523. The van der Waals surface area contributed by atoms with Crippen LogP contribution in [0.15, 0.2) is 12.7 Å².